The summed E-state index contributed by atoms with van der Waals surface area (Å²) in [5, 5.41) is 6.81. The van der Waals surface area contributed by atoms with Crippen LogP contribution in [-0.2, 0) is 4.79 Å². The third-order valence-corrected chi connectivity index (χ3v) is 5.70. The summed E-state index contributed by atoms with van der Waals surface area (Å²) in [6, 6.07) is 9.20. The molecule has 1 aliphatic rings. The number of nitrogens with one attached hydrogen (secondary N) is 2. The van der Waals surface area contributed by atoms with Crippen LogP contribution in [0.5, 0.6) is 11.5 Å². The van der Waals surface area contributed by atoms with Gasteiger partial charge in [-0.1, -0.05) is 11.3 Å². The zero-order chi connectivity index (χ0) is 20.4. The second-order valence-electron chi connectivity index (χ2n) is 6.80. The molecule has 0 radical (unpaired) electrons. The summed E-state index contributed by atoms with van der Waals surface area (Å²) in [5.41, 5.74) is 1.18. The van der Waals surface area contributed by atoms with Crippen LogP contribution in [0.15, 0.2) is 36.5 Å². The summed E-state index contributed by atoms with van der Waals surface area (Å²) in [6.07, 6.45) is 2.46. The van der Waals surface area contributed by atoms with Crippen molar-refractivity contribution in [3.63, 3.8) is 0 Å². The number of ether oxygens (including phenoxy) is 1. The standard InChI is InChI=1S/C20H21N5O3S/c1-12(26)25-8-6-13(11-25)23-20-24-16-4-3-14(10-18(16)29-20)28-15-5-7-22-17(9-15)19(27)21-2/h3-5,7,9-10,13H,6,8,11H2,1-2H3,(H,21,27)(H,23,24)/t13-/m0/s1. The molecule has 150 valence electrons. The number of pyridine rings is 1. The van der Waals surface area contributed by atoms with Crippen molar-refractivity contribution < 1.29 is 14.3 Å². The Morgan fingerprint density at radius 1 is 1.24 bits per heavy atom. The lowest BCUT2D eigenvalue weighted by Crippen LogP contribution is -2.29. The van der Waals surface area contributed by atoms with Crippen LogP contribution in [0.1, 0.15) is 23.8 Å². The van der Waals surface area contributed by atoms with Gasteiger partial charge < -0.3 is 20.3 Å². The Hall–Kier alpha value is -3.20. The first-order valence-electron chi connectivity index (χ1n) is 9.30. The highest BCUT2D eigenvalue weighted by Gasteiger charge is 2.24. The zero-order valence-electron chi connectivity index (χ0n) is 16.1. The van der Waals surface area contributed by atoms with Crippen LogP contribution in [0.2, 0.25) is 0 Å². The molecule has 2 N–H and O–H groups in total. The van der Waals surface area contributed by atoms with Gasteiger partial charge in [0.15, 0.2) is 5.13 Å². The minimum absolute atomic E-state index is 0.107. The summed E-state index contributed by atoms with van der Waals surface area (Å²) >= 11 is 1.55. The third-order valence-electron chi connectivity index (χ3n) is 4.75. The van der Waals surface area contributed by atoms with Gasteiger partial charge in [-0.25, -0.2) is 4.98 Å². The lowest BCUT2D eigenvalue weighted by molar-refractivity contribution is -0.127. The number of benzene rings is 1. The number of rotatable bonds is 5. The molecule has 8 nitrogen and oxygen atoms in total. The smallest absolute Gasteiger partial charge is 0.269 e. The minimum atomic E-state index is -0.265. The van der Waals surface area contributed by atoms with Crippen molar-refractivity contribution in [1.29, 1.82) is 0 Å². The summed E-state index contributed by atoms with van der Waals surface area (Å²) in [7, 11) is 1.56. The lowest BCUT2D eigenvalue weighted by Gasteiger charge is -2.14. The van der Waals surface area contributed by atoms with E-state index in [1.807, 2.05) is 23.1 Å². The van der Waals surface area contributed by atoms with Crippen molar-refractivity contribution in [2.24, 2.45) is 0 Å². The molecule has 0 spiro atoms. The van der Waals surface area contributed by atoms with Gasteiger partial charge in [0.2, 0.25) is 5.91 Å². The van der Waals surface area contributed by atoms with E-state index in [0.29, 0.717) is 23.7 Å². The Morgan fingerprint density at radius 2 is 2.07 bits per heavy atom. The second kappa shape index (κ2) is 8.04. The second-order valence-corrected chi connectivity index (χ2v) is 7.83. The Labute approximate surface area is 171 Å². The van der Waals surface area contributed by atoms with Crippen molar-refractivity contribution in [2.45, 2.75) is 19.4 Å². The van der Waals surface area contributed by atoms with Crippen LogP contribution >= 0.6 is 11.3 Å². The maximum absolute atomic E-state index is 11.7. The van der Waals surface area contributed by atoms with Gasteiger partial charge in [0, 0.05) is 51.4 Å². The highest BCUT2D eigenvalue weighted by molar-refractivity contribution is 7.22. The summed E-state index contributed by atoms with van der Waals surface area (Å²) in [4.78, 5) is 33.7. The molecular weight excluding hydrogens is 390 g/mol. The van der Waals surface area contributed by atoms with E-state index in [-0.39, 0.29) is 17.9 Å². The minimum Gasteiger partial charge on any atom is -0.457 e. The van der Waals surface area contributed by atoms with Crippen LogP contribution < -0.4 is 15.4 Å². The number of aromatic nitrogens is 2. The predicted molar refractivity (Wildman–Crippen MR) is 112 cm³/mol. The first kappa shape index (κ1) is 19.1. The SMILES string of the molecule is CNC(=O)c1cc(Oc2ccc3nc(N[C@H]4CCN(C(C)=O)C4)sc3c2)ccn1. The van der Waals surface area contributed by atoms with Crippen LogP contribution in [-0.4, -0.2) is 52.9 Å². The first-order valence-corrected chi connectivity index (χ1v) is 10.1. The van der Waals surface area contributed by atoms with Gasteiger partial charge in [-0.15, -0.1) is 0 Å². The number of hydrogen-bond donors (Lipinski definition) is 2. The summed E-state index contributed by atoms with van der Waals surface area (Å²) in [5.74, 6) is 1.04. The molecule has 3 heterocycles. The Morgan fingerprint density at radius 3 is 2.83 bits per heavy atom. The molecule has 1 fully saturated rings. The molecule has 2 amide bonds. The molecule has 0 saturated carbocycles. The van der Waals surface area contributed by atoms with E-state index in [1.165, 1.54) is 0 Å². The van der Waals surface area contributed by atoms with Gasteiger partial charge in [0.25, 0.3) is 5.91 Å². The van der Waals surface area contributed by atoms with Gasteiger partial charge >= 0.3 is 0 Å². The van der Waals surface area contributed by atoms with E-state index < -0.39 is 0 Å². The van der Waals surface area contributed by atoms with E-state index in [9.17, 15) is 9.59 Å². The molecule has 1 saturated heterocycles. The molecular formula is C20H21N5O3S. The van der Waals surface area contributed by atoms with Crippen molar-refractivity contribution in [3.8, 4) is 11.5 Å². The largest absolute Gasteiger partial charge is 0.457 e. The number of amides is 2. The van der Waals surface area contributed by atoms with Crippen LogP contribution in [0, 0.1) is 0 Å². The summed E-state index contributed by atoms with van der Waals surface area (Å²) < 4.78 is 6.89. The van der Waals surface area contributed by atoms with Crippen LogP contribution in [0.3, 0.4) is 0 Å². The van der Waals surface area contributed by atoms with Crippen LogP contribution in [0.25, 0.3) is 10.2 Å². The molecule has 29 heavy (non-hydrogen) atoms. The highest BCUT2D eigenvalue weighted by atomic mass is 32.1. The number of anilines is 1. The lowest BCUT2D eigenvalue weighted by atomic mass is 10.3. The molecule has 9 heteroatoms. The molecule has 0 aliphatic carbocycles. The van der Waals surface area contributed by atoms with Gasteiger partial charge in [-0.3, -0.25) is 14.6 Å². The Kier molecular flexibility index (Phi) is 5.30. The molecule has 2 aromatic heterocycles. The van der Waals surface area contributed by atoms with Gasteiger partial charge in [-0.05, 0) is 24.6 Å². The fraction of sp³-hybridized carbons (Fsp3) is 0.300. The van der Waals surface area contributed by atoms with Crippen molar-refractivity contribution in [3.05, 3.63) is 42.2 Å². The van der Waals surface area contributed by atoms with Gasteiger partial charge in [-0.2, -0.15) is 0 Å². The fourth-order valence-corrected chi connectivity index (χ4v) is 4.20. The van der Waals surface area contributed by atoms with Crippen molar-refractivity contribution in [2.75, 3.05) is 25.5 Å². The van der Waals surface area contributed by atoms with E-state index in [1.54, 1.807) is 43.6 Å². The number of nitrogens with zero attached hydrogens (tertiary/aromatic N) is 3. The molecule has 0 unspecified atom stereocenters. The quantitative estimate of drug-likeness (QED) is 0.670. The average Bonchev–Trinajstić information content (AvgIpc) is 3.34. The maximum Gasteiger partial charge on any atom is 0.269 e. The Balaban J connectivity index is 1.47. The Bertz CT molecular complexity index is 1070. The van der Waals surface area contributed by atoms with Crippen molar-refractivity contribution in [1.82, 2.24) is 20.2 Å². The van der Waals surface area contributed by atoms with E-state index in [4.69, 9.17) is 4.74 Å². The number of hydrogen-bond acceptors (Lipinski definition) is 7. The predicted octanol–water partition coefficient (Wildman–Crippen LogP) is 2.88. The first-order chi connectivity index (χ1) is 14.0. The number of thiazole rings is 1. The van der Waals surface area contributed by atoms with E-state index in [0.717, 1.165) is 28.3 Å². The monoisotopic (exact) mass is 411 g/mol. The summed E-state index contributed by atoms with van der Waals surface area (Å²) in [6.45, 7) is 3.08. The molecule has 1 aliphatic heterocycles. The number of carbonyl (C=O) groups excluding carboxylic acids is 2. The average molecular weight is 411 g/mol. The number of carbonyl (C=O) groups is 2. The van der Waals surface area contributed by atoms with Gasteiger partial charge in [0.1, 0.15) is 17.2 Å². The molecule has 1 atom stereocenters. The molecule has 3 aromatic rings. The number of fused-ring (bicyclic) bond motifs is 1. The normalized spacial score (nSPS) is 16.1. The van der Waals surface area contributed by atoms with Crippen LogP contribution in [0.4, 0.5) is 5.13 Å². The third kappa shape index (κ3) is 4.29. The maximum atomic E-state index is 11.7. The molecule has 4 rings (SSSR count). The fourth-order valence-electron chi connectivity index (χ4n) is 3.23. The van der Waals surface area contributed by atoms with E-state index >= 15 is 0 Å². The molecule has 1 aromatic carbocycles. The molecule has 0 bridgehead atoms. The highest BCUT2D eigenvalue weighted by Crippen LogP contribution is 2.32. The topological polar surface area (TPSA) is 96.5 Å². The zero-order valence-corrected chi connectivity index (χ0v) is 17.0. The number of likely N-dealkylation sites (tertiary alicyclic amines) is 1. The van der Waals surface area contributed by atoms with E-state index in [2.05, 4.69) is 20.6 Å². The van der Waals surface area contributed by atoms with Gasteiger partial charge in [0.05, 0.1) is 10.2 Å². The van der Waals surface area contributed by atoms with Crippen molar-refractivity contribution >= 4 is 38.5 Å².